The van der Waals surface area contributed by atoms with Crippen molar-refractivity contribution < 1.29 is 4.74 Å². The maximum absolute atomic E-state index is 4.98. The zero-order chi connectivity index (χ0) is 9.36. The molecule has 1 heterocycles. The summed E-state index contributed by atoms with van der Waals surface area (Å²) in [4.78, 5) is 0. The van der Waals surface area contributed by atoms with Gasteiger partial charge in [0.15, 0.2) is 0 Å². The molecular weight excluding hydrogens is 160 g/mol. The minimum Gasteiger partial charge on any atom is -0.470 e. The van der Waals surface area contributed by atoms with Gasteiger partial charge in [0.25, 0.3) is 0 Å². The van der Waals surface area contributed by atoms with Gasteiger partial charge in [-0.2, -0.15) is 0 Å². The van der Waals surface area contributed by atoms with Crippen LogP contribution in [0.4, 0.5) is 0 Å². The molecule has 1 nitrogen and oxygen atoms in total. The summed E-state index contributed by atoms with van der Waals surface area (Å²) in [5.41, 5.74) is 0. The van der Waals surface area contributed by atoms with E-state index in [1.165, 1.54) is 0 Å². The molecule has 0 spiro atoms. The van der Waals surface area contributed by atoms with Gasteiger partial charge in [-0.25, -0.2) is 0 Å². The Morgan fingerprint density at radius 1 is 1.08 bits per heavy atom. The van der Waals surface area contributed by atoms with E-state index in [9.17, 15) is 0 Å². The third-order valence-corrected chi connectivity index (χ3v) is 1.62. The molecule has 68 valence electrons. The van der Waals surface area contributed by atoms with E-state index in [0.29, 0.717) is 0 Å². The summed E-state index contributed by atoms with van der Waals surface area (Å²) in [6.07, 6.45) is 6.65. The first-order valence-corrected chi connectivity index (χ1v) is 4.40. The Morgan fingerprint density at radius 3 is 1.85 bits per heavy atom. The number of allylic oxidation sites excluding steroid dienone is 2. The molecule has 1 aliphatic rings. The molecule has 0 saturated heterocycles. The van der Waals surface area contributed by atoms with Crippen LogP contribution in [0.3, 0.4) is 0 Å². The van der Waals surface area contributed by atoms with Gasteiger partial charge in [0, 0.05) is 6.42 Å². The van der Waals surface area contributed by atoms with Crippen LogP contribution >= 0.6 is 0 Å². The van der Waals surface area contributed by atoms with Gasteiger partial charge >= 0.3 is 0 Å². The Labute approximate surface area is 79.4 Å². The average Bonchev–Trinajstić information content (AvgIpc) is 2.74. The van der Waals surface area contributed by atoms with Crippen LogP contribution in [0.2, 0.25) is 0 Å². The van der Waals surface area contributed by atoms with Crippen LogP contribution in [0.1, 0.15) is 13.3 Å². The summed E-state index contributed by atoms with van der Waals surface area (Å²) in [7, 11) is 0. The Bertz CT molecular complexity index is 236. The van der Waals surface area contributed by atoms with Gasteiger partial charge in [-0.3, -0.25) is 0 Å². The highest BCUT2D eigenvalue weighted by atomic mass is 16.5. The van der Waals surface area contributed by atoms with E-state index in [1.54, 1.807) is 6.26 Å². The van der Waals surface area contributed by atoms with Gasteiger partial charge in [-0.15, -0.1) is 0 Å². The molecule has 1 aromatic rings. The van der Waals surface area contributed by atoms with Crippen molar-refractivity contribution in [2.45, 2.75) is 13.3 Å². The quantitative estimate of drug-likeness (QED) is 0.584. The Balaban J connectivity index is 0.000000132. The van der Waals surface area contributed by atoms with Gasteiger partial charge in [-0.1, -0.05) is 36.4 Å². The predicted octanol–water partition coefficient (Wildman–Crippen LogP) is 3.51. The number of hydrogen-bond acceptors (Lipinski definition) is 1. The molecule has 1 aliphatic heterocycles. The smallest absolute Gasteiger partial charge is 0.103 e. The molecule has 13 heavy (non-hydrogen) atoms. The lowest BCUT2D eigenvalue weighted by Gasteiger charge is -1.90. The molecule has 0 fully saturated rings. The highest BCUT2D eigenvalue weighted by molar-refractivity contribution is 5.04. The first kappa shape index (κ1) is 9.59. The lowest BCUT2D eigenvalue weighted by atomic mass is 10.4. The number of ether oxygens (including phenoxy) is 1. The summed E-state index contributed by atoms with van der Waals surface area (Å²) in [5, 5.41) is 0. The SMILES string of the molecule is CC=C1CC=CO1.c1ccccc1. The third-order valence-electron chi connectivity index (χ3n) is 1.62. The van der Waals surface area contributed by atoms with E-state index in [4.69, 9.17) is 4.74 Å². The van der Waals surface area contributed by atoms with Crippen LogP contribution in [-0.4, -0.2) is 0 Å². The van der Waals surface area contributed by atoms with Gasteiger partial charge in [0.05, 0.1) is 6.26 Å². The van der Waals surface area contributed by atoms with Crippen molar-refractivity contribution in [2.75, 3.05) is 0 Å². The van der Waals surface area contributed by atoms with Crippen molar-refractivity contribution in [3.8, 4) is 0 Å². The zero-order valence-corrected chi connectivity index (χ0v) is 7.81. The molecule has 0 unspecified atom stereocenters. The molecule has 0 atom stereocenters. The van der Waals surface area contributed by atoms with Crippen molar-refractivity contribution in [1.82, 2.24) is 0 Å². The third kappa shape index (κ3) is 4.16. The topological polar surface area (TPSA) is 9.23 Å². The van der Waals surface area contributed by atoms with Crippen LogP contribution in [0.25, 0.3) is 0 Å². The standard InChI is InChI=1S/C6H8O.C6H6/c1-2-6-4-3-5-7-6;1-2-4-6-5-3-1/h2-3,5H,4H2,1H3;1-6H. The van der Waals surface area contributed by atoms with Gasteiger partial charge in [-0.05, 0) is 19.1 Å². The second-order valence-electron chi connectivity index (χ2n) is 2.60. The zero-order valence-electron chi connectivity index (χ0n) is 7.81. The summed E-state index contributed by atoms with van der Waals surface area (Å²) >= 11 is 0. The Kier molecular flexibility index (Phi) is 4.47. The molecular formula is C12H14O. The average molecular weight is 174 g/mol. The van der Waals surface area contributed by atoms with Crippen molar-refractivity contribution in [2.24, 2.45) is 0 Å². The highest BCUT2D eigenvalue weighted by Gasteiger charge is 1.95. The maximum atomic E-state index is 4.98. The maximum Gasteiger partial charge on any atom is 0.103 e. The van der Waals surface area contributed by atoms with E-state index < -0.39 is 0 Å². The molecule has 0 bridgehead atoms. The molecule has 1 heteroatoms. The first-order valence-electron chi connectivity index (χ1n) is 4.40. The second kappa shape index (κ2) is 6.06. The fraction of sp³-hybridized carbons (Fsp3) is 0.167. The molecule has 0 aliphatic carbocycles. The van der Waals surface area contributed by atoms with Crippen molar-refractivity contribution in [1.29, 1.82) is 0 Å². The molecule has 0 amide bonds. The lowest BCUT2D eigenvalue weighted by Crippen LogP contribution is -1.71. The van der Waals surface area contributed by atoms with Crippen molar-refractivity contribution in [3.05, 3.63) is 60.6 Å². The second-order valence-corrected chi connectivity index (χ2v) is 2.60. The monoisotopic (exact) mass is 174 g/mol. The van der Waals surface area contributed by atoms with Crippen molar-refractivity contribution in [3.63, 3.8) is 0 Å². The predicted molar refractivity (Wildman–Crippen MR) is 55.0 cm³/mol. The minimum absolute atomic E-state index is 0.969. The highest BCUT2D eigenvalue weighted by Crippen LogP contribution is 2.11. The molecule has 0 aromatic heterocycles. The van der Waals surface area contributed by atoms with Gasteiger partial charge in [0.2, 0.25) is 0 Å². The van der Waals surface area contributed by atoms with Crippen molar-refractivity contribution >= 4 is 0 Å². The molecule has 0 saturated carbocycles. The summed E-state index contributed by atoms with van der Waals surface area (Å²) in [6, 6.07) is 12.0. The summed E-state index contributed by atoms with van der Waals surface area (Å²) in [6.45, 7) is 1.97. The number of benzene rings is 1. The van der Waals surface area contributed by atoms with E-state index >= 15 is 0 Å². The van der Waals surface area contributed by atoms with Crippen LogP contribution in [0.15, 0.2) is 60.6 Å². The van der Waals surface area contributed by atoms with E-state index in [-0.39, 0.29) is 0 Å². The minimum atomic E-state index is 0.969. The summed E-state index contributed by atoms with van der Waals surface area (Å²) < 4.78 is 4.98. The van der Waals surface area contributed by atoms with Crippen LogP contribution in [0.5, 0.6) is 0 Å². The van der Waals surface area contributed by atoms with Crippen LogP contribution < -0.4 is 0 Å². The molecule has 0 N–H and O–H groups in total. The normalized spacial score (nSPS) is 16.2. The Hall–Kier alpha value is -1.50. The molecule has 1 aromatic carbocycles. The Morgan fingerprint density at radius 2 is 1.62 bits per heavy atom. The lowest BCUT2D eigenvalue weighted by molar-refractivity contribution is 0.366. The van der Waals surface area contributed by atoms with E-state index in [2.05, 4.69) is 0 Å². The van der Waals surface area contributed by atoms with Gasteiger partial charge < -0.3 is 4.74 Å². The number of hydrogen-bond donors (Lipinski definition) is 0. The first-order chi connectivity index (χ1) is 6.43. The number of rotatable bonds is 0. The summed E-state index contributed by atoms with van der Waals surface area (Å²) in [5.74, 6) is 1.06. The van der Waals surface area contributed by atoms with E-state index in [1.807, 2.05) is 55.5 Å². The molecule has 0 radical (unpaired) electrons. The van der Waals surface area contributed by atoms with Crippen LogP contribution in [0, 0.1) is 0 Å². The van der Waals surface area contributed by atoms with Gasteiger partial charge in [0.1, 0.15) is 5.76 Å². The molecule has 2 rings (SSSR count). The largest absolute Gasteiger partial charge is 0.470 e. The van der Waals surface area contributed by atoms with E-state index in [0.717, 1.165) is 12.2 Å². The fourth-order valence-corrected chi connectivity index (χ4v) is 0.919. The fourth-order valence-electron chi connectivity index (χ4n) is 0.919. The van der Waals surface area contributed by atoms with Crippen LogP contribution in [-0.2, 0) is 4.74 Å².